The molecular formula is C14H16N2O6. The standard InChI is InChI=1S/C14H16N2O6/c15-10(14(21)22)5-8-3-1-2-4-9(8)13(20)11(16-7-17)6-12(18)19/h1-4,7,10-11H,5-6,15H2,(H,16,17)(H,18,19)(H,21,22)/t10-,11-/m0/s1. The molecule has 118 valence electrons. The number of carboxylic acids is 2. The van der Waals surface area contributed by atoms with Crippen molar-refractivity contribution in [3.63, 3.8) is 0 Å². The molecule has 0 aromatic heterocycles. The summed E-state index contributed by atoms with van der Waals surface area (Å²) in [6, 6.07) is 3.73. The zero-order valence-corrected chi connectivity index (χ0v) is 11.6. The van der Waals surface area contributed by atoms with Crippen LogP contribution >= 0.6 is 0 Å². The maximum atomic E-state index is 12.4. The number of carboxylic acid groups (broad SMARTS) is 2. The average Bonchev–Trinajstić information content (AvgIpc) is 2.46. The van der Waals surface area contributed by atoms with Crippen molar-refractivity contribution in [2.45, 2.75) is 24.9 Å². The molecule has 1 amide bonds. The highest BCUT2D eigenvalue weighted by molar-refractivity contribution is 6.03. The van der Waals surface area contributed by atoms with E-state index in [1.807, 2.05) is 0 Å². The van der Waals surface area contributed by atoms with E-state index in [9.17, 15) is 19.2 Å². The lowest BCUT2D eigenvalue weighted by Gasteiger charge is -2.16. The highest BCUT2D eigenvalue weighted by atomic mass is 16.4. The number of benzene rings is 1. The molecule has 0 fully saturated rings. The number of hydrogen-bond acceptors (Lipinski definition) is 5. The SMILES string of the molecule is N[C@@H](Cc1ccccc1C(=O)[C@H](CC(=O)O)NC=O)C(=O)O. The van der Waals surface area contributed by atoms with Crippen LogP contribution in [0, 0.1) is 0 Å². The number of carbonyl (C=O) groups is 4. The molecule has 2 atom stereocenters. The smallest absolute Gasteiger partial charge is 0.320 e. The van der Waals surface area contributed by atoms with Gasteiger partial charge < -0.3 is 21.3 Å². The van der Waals surface area contributed by atoms with Gasteiger partial charge in [0, 0.05) is 5.56 Å². The number of nitrogens with two attached hydrogens (primary N) is 1. The minimum Gasteiger partial charge on any atom is -0.481 e. The van der Waals surface area contributed by atoms with Crippen molar-refractivity contribution in [3.8, 4) is 0 Å². The van der Waals surface area contributed by atoms with Crippen LogP contribution in [0.4, 0.5) is 0 Å². The molecule has 8 nitrogen and oxygen atoms in total. The molecule has 22 heavy (non-hydrogen) atoms. The second-order valence-corrected chi connectivity index (χ2v) is 4.61. The van der Waals surface area contributed by atoms with Crippen molar-refractivity contribution in [1.29, 1.82) is 0 Å². The number of amides is 1. The van der Waals surface area contributed by atoms with E-state index in [1.165, 1.54) is 12.1 Å². The van der Waals surface area contributed by atoms with Gasteiger partial charge in [-0.1, -0.05) is 24.3 Å². The molecule has 5 N–H and O–H groups in total. The summed E-state index contributed by atoms with van der Waals surface area (Å²) in [6.07, 6.45) is -0.411. The fourth-order valence-electron chi connectivity index (χ4n) is 1.93. The quantitative estimate of drug-likeness (QED) is 0.352. The lowest BCUT2D eigenvalue weighted by atomic mass is 9.93. The van der Waals surface area contributed by atoms with Gasteiger partial charge in [-0.15, -0.1) is 0 Å². The molecule has 0 heterocycles. The van der Waals surface area contributed by atoms with Crippen LogP contribution in [0.1, 0.15) is 22.3 Å². The largest absolute Gasteiger partial charge is 0.481 e. The Bertz CT molecular complexity index is 586. The third-order valence-corrected chi connectivity index (χ3v) is 3.00. The lowest BCUT2D eigenvalue weighted by Crippen LogP contribution is -2.39. The number of nitrogens with one attached hydrogen (secondary N) is 1. The summed E-state index contributed by atoms with van der Waals surface area (Å²) in [5.74, 6) is -3.06. The normalized spacial score (nSPS) is 13.0. The van der Waals surface area contributed by atoms with Crippen molar-refractivity contribution in [2.24, 2.45) is 5.73 Å². The van der Waals surface area contributed by atoms with E-state index < -0.39 is 36.2 Å². The van der Waals surface area contributed by atoms with Crippen LogP contribution in [0.15, 0.2) is 24.3 Å². The summed E-state index contributed by atoms with van der Waals surface area (Å²) in [5.41, 5.74) is 5.98. The summed E-state index contributed by atoms with van der Waals surface area (Å²) in [6.45, 7) is 0. The van der Waals surface area contributed by atoms with Gasteiger partial charge >= 0.3 is 11.9 Å². The van der Waals surface area contributed by atoms with Crippen LogP contribution in [0.5, 0.6) is 0 Å². The molecule has 0 saturated carbocycles. The van der Waals surface area contributed by atoms with Gasteiger partial charge in [0.05, 0.1) is 6.42 Å². The first-order chi connectivity index (χ1) is 10.4. The number of ketones is 1. The topological polar surface area (TPSA) is 147 Å². The molecule has 0 aliphatic carbocycles. The van der Waals surface area contributed by atoms with E-state index >= 15 is 0 Å². The first kappa shape index (κ1) is 17.3. The Kier molecular flexibility index (Phi) is 6.21. The summed E-state index contributed by atoms with van der Waals surface area (Å²) >= 11 is 0. The zero-order chi connectivity index (χ0) is 16.7. The van der Waals surface area contributed by atoms with Crippen LogP contribution in [-0.2, 0) is 20.8 Å². The Morgan fingerprint density at radius 2 is 1.86 bits per heavy atom. The van der Waals surface area contributed by atoms with E-state index in [0.717, 1.165) is 0 Å². The van der Waals surface area contributed by atoms with E-state index in [2.05, 4.69) is 5.32 Å². The molecule has 1 aromatic carbocycles. The lowest BCUT2D eigenvalue weighted by molar-refractivity contribution is -0.139. The maximum Gasteiger partial charge on any atom is 0.320 e. The monoisotopic (exact) mass is 308 g/mol. The Labute approximate surface area is 125 Å². The van der Waals surface area contributed by atoms with Gasteiger partial charge in [-0.3, -0.25) is 19.2 Å². The highest BCUT2D eigenvalue weighted by Gasteiger charge is 2.25. The Balaban J connectivity index is 3.07. The first-order valence-electron chi connectivity index (χ1n) is 6.38. The van der Waals surface area contributed by atoms with Crippen molar-refractivity contribution >= 4 is 24.1 Å². The molecular weight excluding hydrogens is 292 g/mol. The number of rotatable bonds is 9. The van der Waals surface area contributed by atoms with Gasteiger partial charge in [-0.2, -0.15) is 0 Å². The van der Waals surface area contributed by atoms with Crippen LogP contribution in [0.2, 0.25) is 0 Å². The molecule has 1 rings (SSSR count). The molecule has 0 aliphatic heterocycles. The molecule has 0 aliphatic rings. The Morgan fingerprint density at radius 1 is 1.23 bits per heavy atom. The number of Topliss-reactive ketones (excluding diaryl/α,β-unsaturated/α-hetero) is 1. The predicted molar refractivity (Wildman–Crippen MR) is 75.3 cm³/mol. The third-order valence-electron chi connectivity index (χ3n) is 3.00. The van der Waals surface area contributed by atoms with Gasteiger partial charge in [0.2, 0.25) is 6.41 Å². The Morgan fingerprint density at radius 3 is 2.41 bits per heavy atom. The van der Waals surface area contributed by atoms with Crippen molar-refractivity contribution in [2.75, 3.05) is 0 Å². The molecule has 0 spiro atoms. The van der Waals surface area contributed by atoms with Gasteiger partial charge in [0.1, 0.15) is 12.1 Å². The summed E-state index contributed by atoms with van der Waals surface area (Å²) in [7, 11) is 0. The van der Waals surface area contributed by atoms with E-state index in [4.69, 9.17) is 15.9 Å². The fourth-order valence-corrected chi connectivity index (χ4v) is 1.93. The molecule has 0 bridgehead atoms. The minimum atomic E-state index is -1.24. The predicted octanol–water partition coefficient (Wildman–Crippen LogP) is -0.587. The van der Waals surface area contributed by atoms with E-state index in [0.29, 0.717) is 5.56 Å². The van der Waals surface area contributed by atoms with Crippen LogP contribution < -0.4 is 11.1 Å². The minimum absolute atomic E-state index is 0.0852. The van der Waals surface area contributed by atoms with Gasteiger partial charge in [0.15, 0.2) is 5.78 Å². The number of carbonyl (C=O) groups excluding carboxylic acids is 2. The first-order valence-corrected chi connectivity index (χ1v) is 6.38. The average molecular weight is 308 g/mol. The molecule has 0 radical (unpaired) electrons. The van der Waals surface area contributed by atoms with Crippen molar-refractivity contribution in [1.82, 2.24) is 5.32 Å². The van der Waals surface area contributed by atoms with Gasteiger partial charge in [-0.05, 0) is 12.0 Å². The van der Waals surface area contributed by atoms with Gasteiger partial charge in [-0.25, -0.2) is 0 Å². The zero-order valence-electron chi connectivity index (χ0n) is 11.6. The second kappa shape index (κ2) is 7.89. The molecule has 1 aromatic rings. The molecule has 0 saturated heterocycles. The van der Waals surface area contributed by atoms with Crippen LogP contribution in [0.3, 0.4) is 0 Å². The summed E-state index contributed by atoms with van der Waals surface area (Å²) in [4.78, 5) is 44.5. The molecule has 8 heteroatoms. The number of aliphatic carboxylic acids is 2. The number of hydrogen-bond donors (Lipinski definition) is 4. The Hall–Kier alpha value is -2.74. The van der Waals surface area contributed by atoms with Crippen molar-refractivity contribution in [3.05, 3.63) is 35.4 Å². The van der Waals surface area contributed by atoms with Gasteiger partial charge in [0.25, 0.3) is 0 Å². The van der Waals surface area contributed by atoms with Crippen molar-refractivity contribution < 1.29 is 29.4 Å². The summed E-state index contributed by atoms with van der Waals surface area (Å²) < 4.78 is 0. The highest BCUT2D eigenvalue weighted by Crippen LogP contribution is 2.15. The summed E-state index contributed by atoms with van der Waals surface area (Å²) in [5, 5.41) is 19.8. The fraction of sp³-hybridized carbons (Fsp3) is 0.286. The third kappa shape index (κ3) is 4.67. The second-order valence-electron chi connectivity index (χ2n) is 4.61. The van der Waals surface area contributed by atoms with Crippen LogP contribution in [-0.4, -0.2) is 46.4 Å². The van der Waals surface area contributed by atoms with Crippen LogP contribution in [0.25, 0.3) is 0 Å². The molecule has 0 unspecified atom stereocenters. The maximum absolute atomic E-state index is 12.4. The van der Waals surface area contributed by atoms with E-state index in [1.54, 1.807) is 12.1 Å². The van der Waals surface area contributed by atoms with E-state index in [-0.39, 0.29) is 18.4 Å².